The normalized spacial score (nSPS) is 30.9. The van der Waals surface area contributed by atoms with Crippen molar-refractivity contribution in [3.8, 4) is 0 Å². The minimum Gasteiger partial charge on any atom is -0.300 e. The molecule has 1 atom stereocenters. The summed E-state index contributed by atoms with van der Waals surface area (Å²) in [4.78, 5) is 2.34. The lowest BCUT2D eigenvalue weighted by Crippen LogP contribution is -2.21. The first-order chi connectivity index (χ1) is 3.84. The van der Waals surface area contributed by atoms with Crippen molar-refractivity contribution in [2.24, 2.45) is 0 Å². The first-order valence-corrected chi connectivity index (χ1v) is 3.17. The van der Waals surface area contributed by atoms with Crippen LogP contribution in [-0.4, -0.2) is 24.5 Å². The van der Waals surface area contributed by atoms with Crippen molar-refractivity contribution in [1.82, 2.24) is 4.90 Å². The lowest BCUT2D eigenvalue weighted by Gasteiger charge is -2.13. The summed E-state index contributed by atoms with van der Waals surface area (Å²) >= 11 is 0. The summed E-state index contributed by atoms with van der Waals surface area (Å²) in [6, 6.07) is 0.662. The van der Waals surface area contributed by atoms with Crippen LogP contribution >= 0.6 is 0 Å². The number of likely N-dealkylation sites (tertiary alicyclic amines) is 1. The average Bonchev–Trinajstić information content (AvgIpc) is 2.14. The second-order valence-corrected chi connectivity index (χ2v) is 2.43. The highest BCUT2D eigenvalue weighted by molar-refractivity contribution is 4.90. The number of likely N-dealkylation sites (N-methyl/N-ethyl adjacent to an activating group) is 1. The fourth-order valence-corrected chi connectivity index (χ4v) is 1.23. The molecular weight excluding hydrogens is 98.1 g/mol. The molecule has 1 heteroatoms. The summed E-state index contributed by atoms with van der Waals surface area (Å²) in [5, 5.41) is 0. The Labute approximate surface area is 51.0 Å². The van der Waals surface area contributed by atoms with E-state index in [4.69, 9.17) is 0 Å². The number of nitrogens with zero attached hydrogens (tertiary/aromatic N) is 1. The van der Waals surface area contributed by atoms with Crippen LogP contribution in [-0.2, 0) is 0 Å². The van der Waals surface area contributed by atoms with Gasteiger partial charge in [-0.3, -0.25) is 4.90 Å². The van der Waals surface area contributed by atoms with Crippen LogP contribution in [0.1, 0.15) is 12.8 Å². The molecule has 0 aliphatic carbocycles. The van der Waals surface area contributed by atoms with Gasteiger partial charge in [0.1, 0.15) is 0 Å². The van der Waals surface area contributed by atoms with Crippen LogP contribution in [0.5, 0.6) is 0 Å². The van der Waals surface area contributed by atoms with Gasteiger partial charge < -0.3 is 0 Å². The zero-order chi connectivity index (χ0) is 5.98. The van der Waals surface area contributed by atoms with Crippen LogP contribution < -0.4 is 0 Å². The van der Waals surface area contributed by atoms with Gasteiger partial charge in [0.15, 0.2) is 0 Å². The van der Waals surface area contributed by atoms with Crippen molar-refractivity contribution >= 4 is 0 Å². The maximum absolute atomic E-state index is 3.75. The standard InChI is InChI=1S/C7H13N/c1-3-7-5-4-6-8(7)2/h3,7H,1,4-6H2,2H3/t7-/m1/s1. The van der Waals surface area contributed by atoms with Gasteiger partial charge in [0, 0.05) is 6.04 Å². The fourth-order valence-electron chi connectivity index (χ4n) is 1.23. The second kappa shape index (κ2) is 2.31. The van der Waals surface area contributed by atoms with Crippen LogP contribution in [0.2, 0.25) is 0 Å². The molecule has 0 aromatic rings. The van der Waals surface area contributed by atoms with Gasteiger partial charge in [-0.25, -0.2) is 0 Å². The Morgan fingerprint density at radius 2 is 2.50 bits per heavy atom. The second-order valence-electron chi connectivity index (χ2n) is 2.43. The van der Waals surface area contributed by atoms with Gasteiger partial charge in [-0.15, -0.1) is 6.58 Å². The molecule has 0 amide bonds. The molecule has 1 aliphatic rings. The zero-order valence-corrected chi connectivity index (χ0v) is 5.43. The molecule has 1 fully saturated rings. The maximum atomic E-state index is 3.75. The molecule has 1 aliphatic heterocycles. The predicted octanol–water partition coefficient (Wildman–Crippen LogP) is 1.27. The van der Waals surface area contributed by atoms with Crippen molar-refractivity contribution in [3.05, 3.63) is 12.7 Å². The third kappa shape index (κ3) is 0.920. The van der Waals surface area contributed by atoms with E-state index >= 15 is 0 Å². The molecule has 1 heterocycles. The van der Waals surface area contributed by atoms with Crippen molar-refractivity contribution < 1.29 is 0 Å². The Morgan fingerprint density at radius 1 is 1.75 bits per heavy atom. The average molecular weight is 111 g/mol. The molecule has 0 saturated carbocycles. The molecule has 1 rings (SSSR count). The highest BCUT2D eigenvalue weighted by Crippen LogP contribution is 2.14. The third-order valence-electron chi connectivity index (χ3n) is 1.85. The van der Waals surface area contributed by atoms with Gasteiger partial charge in [-0.05, 0) is 26.4 Å². The molecule has 0 radical (unpaired) electrons. The molecule has 0 bridgehead atoms. The first-order valence-electron chi connectivity index (χ1n) is 3.17. The van der Waals surface area contributed by atoms with E-state index in [2.05, 4.69) is 18.5 Å². The Morgan fingerprint density at radius 3 is 2.75 bits per heavy atom. The fraction of sp³-hybridized carbons (Fsp3) is 0.714. The van der Waals surface area contributed by atoms with Gasteiger partial charge >= 0.3 is 0 Å². The summed E-state index contributed by atoms with van der Waals surface area (Å²) in [6.07, 6.45) is 4.68. The maximum Gasteiger partial charge on any atom is 0.0273 e. The smallest absolute Gasteiger partial charge is 0.0273 e. The summed E-state index contributed by atoms with van der Waals surface area (Å²) in [6.45, 7) is 5.00. The summed E-state index contributed by atoms with van der Waals surface area (Å²) in [7, 11) is 2.15. The van der Waals surface area contributed by atoms with E-state index in [9.17, 15) is 0 Å². The van der Waals surface area contributed by atoms with Crippen molar-refractivity contribution in [1.29, 1.82) is 0 Å². The van der Waals surface area contributed by atoms with Crippen molar-refractivity contribution in [2.45, 2.75) is 18.9 Å². The van der Waals surface area contributed by atoms with Gasteiger partial charge in [0.25, 0.3) is 0 Å². The molecular formula is C7H13N. The van der Waals surface area contributed by atoms with E-state index in [1.54, 1.807) is 0 Å². The van der Waals surface area contributed by atoms with Gasteiger partial charge in [0.2, 0.25) is 0 Å². The molecule has 1 saturated heterocycles. The quantitative estimate of drug-likeness (QED) is 0.460. The van der Waals surface area contributed by atoms with Crippen LogP contribution in [0.15, 0.2) is 12.7 Å². The highest BCUT2D eigenvalue weighted by atomic mass is 15.1. The Hall–Kier alpha value is -0.300. The molecule has 0 unspecified atom stereocenters. The first kappa shape index (κ1) is 5.83. The monoisotopic (exact) mass is 111 g/mol. The van der Waals surface area contributed by atoms with E-state index in [1.165, 1.54) is 19.4 Å². The van der Waals surface area contributed by atoms with Crippen LogP contribution in [0.25, 0.3) is 0 Å². The lowest BCUT2D eigenvalue weighted by molar-refractivity contribution is 0.357. The van der Waals surface area contributed by atoms with Gasteiger partial charge in [-0.1, -0.05) is 6.08 Å². The number of rotatable bonds is 1. The summed E-state index contributed by atoms with van der Waals surface area (Å²) in [5.41, 5.74) is 0. The van der Waals surface area contributed by atoms with Crippen molar-refractivity contribution in [2.75, 3.05) is 13.6 Å². The van der Waals surface area contributed by atoms with Gasteiger partial charge in [0.05, 0.1) is 0 Å². The summed E-state index contributed by atoms with van der Waals surface area (Å²) < 4.78 is 0. The molecule has 1 nitrogen and oxygen atoms in total. The molecule has 0 N–H and O–H groups in total. The Kier molecular flexibility index (Phi) is 1.69. The largest absolute Gasteiger partial charge is 0.300 e. The predicted molar refractivity (Wildman–Crippen MR) is 35.8 cm³/mol. The summed E-state index contributed by atoms with van der Waals surface area (Å²) in [5.74, 6) is 0. The SMILES string of the molecule is C=C[C@@H]1CCCN1C. The Bertz CT molecular complexity index is 88.4. The molecule has 0 aromatic carbocycles. The van der Waals surface area contributed by atoms with Gasteiger partial charge in [-0.2, -0.15) is 0 Å². The minimum atomic E-state index is 0.662. The highest BCUT2D eigenvalue weighted by Gasteiger charge is 2.16. The Balaban J connectivity index is 2.41. The molecule has 46 valence electrons. The third-order valence-corrected chi connectivity index (χ3v) is 1.85. The topological polar surface area (TPSA) is 3.24 Å². The van der Waals surface area contributed by atoms with E-state index in [-0.39, 0.29) is 0 Å². The van der Waals surface area contributed by atoms with E-state index in [0.29, 0.717) is 6.04 Å². The van der Waals surface area contributed by atoms with E-state index < -0.39 is 0 Å². The van der Waals surface area contributed by atoms with Crippen molar-refractivity contribution in [3.63, 3.8) is 0 Å². The van der Waals surface area contributed by atoms with E-state index in [0.717, 1.165) is 0 Å². The lowest BCUT2D eigenvalue weighted by atomic mass is 10.2. The molecule has 0 aromatic heterocycles. The van der Waals surface area contributed by atoms with Crippen LogP contribution in [0.4, 0.5) is 0 Å². The van der Waals surface area contributed by atoms with Crippen LogP contribution in [0, 0.1) is 0 Å². The molecule has 8 heavy (non-hydrogen) atoms. The zero-order valence-electron chi connectivity index (χ0n) is 5.43. The van der Waals surface area contributed by atoms with Crippen LogP contribution in [0.3, 0.4) is 0 Å². The van der Waals surface area contributed by atoms with E-state index in [1.807, 2.05) is 6.08 Å². The number of hydrogen-bond donors (Lipinski definition) is 0. The molecule has 0 spiro atoms. The number of hydrogen-bond acceptors (Lipinski definition) is 1. The minimum absolute atomic E-state index is 0.662.